The van der Waals surface area contributed by atoms with Gasteiger partial charge in [0.2, 0.25) is 3.12 Å². The first-order valence-corrected chi connectivity index (χ1v) is 7.72. The lowest BCUT2D eigenvalue weighted by Crippen LogP contribution is -2.12. The second kappa shape index (κ2) is 6.88. The number of hydrogen-bond donors (Lipinski definition) is 1. The summed E-state index contributed by atoms with van der Waals surface area (Å²) in [6, 6.07) is 12.7. The summed E-state index contributed by atoms with van der Waals surface area (Å²) in [4.78, 5) is 12.4. The molecule has 0 aromatic heterocycles. The minimum Gasteiger partial charge on any atom is -0.319 e. The van der Waals surface area contributed by atoms with Crippen LogP contribution in [0.2, 0.25) is 0 Å². The van der Waals surface area contributed by atoms with E-state index in [0.717, 1.165) is 11.8 Å². The Balaban J connectivity index is 2.13. The maximum Gasteiger partial charge on any atom is 0.255 e. The molecule has 0 saturated heterocycles. The quantitative estimate of drug-likeness (QED) is 0.575. The fourth-order valence-electron chi connectivity index (χ4n) is 1.58. The lowest BCUT2D eigenvalue weighted by molar-refractivity contribution is 0.102. The van der Waals surface area contributed by atoms with E-state index in [1.54, 1.807) is 36.4 Å². The number of hydrogen-bond acceptors (Lipinski definition) is 2. The molecule has 0 fully saturated rings. The predicted molar refractivity (Wildman–Crippen MR) is 86.9 cm³/mol. The highest BCUT2D eigenvalue weighted by Crippen LogP contribution is 2.44. The molecule has 1 amide bonds. The molecule has 0 atom stereocenters. The Morgan fingerprint density at radius 1 is 1.10 bits per heavy atom. The number of thioether (sulfide) groups is 1. The van der Waals surface area contributed by atoms with Gasteiger partial charge in [-0.2, -0.15) is 0 Å². The van der Waals surface area contributed by atoms with Crippen molar-refractivity contribution in [2.24, 2.45) is 0 Å². The summed E-state index contributed by atoms with van der Waals surface area (Å²) in [6.07, 6.45) is 0. The van der Waals surface area contributed by atoms with Gasteiger partial charge in [0.1, 0.15) is 5.82 Å². The van der Waals surface area contributed by atoms with Crippen LogP contribution in [0.3, 0.4) is 0 Å². The summed E-state index contributed by atoms with van der Waals surface area (Å²) in [5.41, 5.74) is 0.508. The summed E-state index contributed by atoms with van der Waals surface area (Å²) in [5.74, 6) is -0.991. The lowest BCUT2D eigenvalue weighted by atomic mass is 10.2. The molecule has 2 aromatic rings. The third-order valence-electron chi connectivity index (χ3n) is 2.46. The minimum absolute atomic E-state index is 0.0671. The Labute approximate surface area is 140 Å². The zero-order valence-corrected chi connectivity index (χ0v) is 13.5. The molecule has 0 saturated carbocycles. The fraction of sp³-hybridized carbons (Fsp3) is 0.0714. The molecule has 0 unspecified atom stereocenters. The van der Waals surface area contributed by atoms with E-state index in [1.807, 2.05) is 0 Å². The second-order valence-corrected chi connectivity index (χ2v) is 8.25. The first kappa shape index (κ1) is 16.4. The summed E-state index contributed by atoms with van der Waals surface area (Å²) in [7, 11) is 0. The number of halogens is 4. The van der Waals surface area contributed by atoms with Crippen molar-refractivity contribution in [2.45, 2.75) is 8.02 Å². The molecule has 0 aliphatic heterocycles. The molecular weight excluding hydrogens is 356 g/mol. The van der Waals surface area contributed by atoms with Gasteiger partial charge in [0.05, 0.1) is 5.69 Å². The van der Waals surface area contributed by atoms with Crippen molar-refractivity contribution in [3.8, 4) is 0 Å². The van der Waals surface area contributed by atoms with E-state index in [2.05, 4.69) is 5.32 Å². The monoisotopic (exact) mass is 363 g/mol. The summed E-state index contributed by atoms with van der Waals surface area (Å²) in [5, 5.41) is 2.49. The number of benzene rings is 2. The molecule has 0 aliphatic rings. The van der Waals surface area contributed by atoms with Crippen molar-refractivity contribution < 1.29 is 9.18 Å². The van der Waals surface area contributed by atoms with Crippen molar-refractivity contribution in [1.29, 1.82) is 0 Å². The summed E-state index contributed by atoms with van der Waals surface area (Å²) >= 11 is 17.8. The SMILES string of the molecule is O=C(Nc1ccc(SC(Cl)(Cl)Cl)cc1F)c1ccccc1. The Bertz CT molecular complexity index is 646. The molecular formula is C14H9Cl3FNOS. The van der Waals surface area contributed by atoms with Crippen LogP contribution in [0.4, 0.5) is 10.1 Å². The van der Waals surface area contributed by atoms with Crippen LogP contribution < -0.4 is 5.32 Å². The standard InChI is InChI=1S/C14H9Cl3FNOS/c15-14(16,17)21-10-6-7-12(11(18)8-10)19-13(20)9-4-2-1-3-5-9/h1-8H,(H,19,20). The van der Waals surface area contributed by atoms with Crippen LogP contribution in [0.1, 0.15) is 10.4 Å². The van der Waals surface area contributed by atoms with Crippen LogP contribution in [0.25, 0.3) is 0 Å². The Morgan fingerprint density at radius 2 is 1.76 bits per heavy atom. The summed E-state index contributed by atoms with van der Waals surface area (Å²) in [6.45, 7) is 0. The summed E-state index contributed by atoms with van der Waals surface area (Å²) < 4.78 is 12.4. The number of alkyl halides is 3. The third kappa shape index (κ3) is 5.08. The molecule has 110 valence electrons. The number of nitrogens with one attached hydrogen (secondary N) is 1. The lowest BCUT2D eigenvalue weighted by Gasteiger charge is -2.11. The van der Waals surface area contributed by atoms with Crippen LogP contribution in [-0.4, -0.2) is 9.03 Å². The number of carbonyl (C=O) groups excluding carboxylic acids is 1. The average Bonchev–Trinajstić information content (AvgIpc) is 2.41. The predicted octanol–water partition coefficient (Wildman–Crippen LogP) is 5.50. The van der Waals surface area contributed by atoms with Crippen molar-refractivity contribution in [2.75, 3.05) is 5.32 Å². The van der Waals surface area contributed by atoms with Gasteiger partial charge in [-0.1, -0.05) is 64.8 Å². The van der Waals surface area contributed by atoms with Crippen LogP contribution in [-0.2, 0) is 0 Å². The number of amides is 1. The van der Waals surface area contributed by atoms with Gasteiger partial charge < -0.3 is 5.32 Å². The third-order valence-corrected chi connectivity index (χ3v) is 3.87. The van der Waals surface area contributed by atoms with Gasteiger partial charge in [0.25, 0.3) is 5.91 Å². The van der Waals surface area contributed by atoms with Gasteiger partial charge in [0, 0.05) is 10.5 Å². The highest BCUT2D eigenvalue weighted by Gasteiger charge is 2.22. The van der Waals surface area contributed by atoms with Gasteiger partial charge in [0.15, 0.2) is 0 Å². The zero-order valence-electron chi connectivity index (χ0n) is 10.4. The molecule has 0 spiro atoms. The Hall–Kier alpha value is -0.940. The van der Waals surface area contributed by atoms with E-state index < -0.39 is 14.8 Å². The molecule has 0 bridgehead atoms. The molecule has 0 radical (unpaired) electrons. The highest BCUT2D eigenvalue weighted by atomic mass is 35.6. The van der Waals surface area contributed by atoms with Crippen LogP contribution in [0, 0.1) is 5.82 Å². The second-order valence-electron chi connectivity index (χ2n) is 4.01. The van der Waals surface area contributed by atoms with Crippen molar-refractivity contribution >= 4 is 58.2 Å². The molecule has 2 aromatic carbocycles. The molecule has 0 heterocycles. The average molecular weight is 365 g/mol. The van der Waals surface area contributed by atoms with Gasteiger partial charge in [-0.3, -0.25) is 4.79 Å². The molecule has 21 heavy (non-hydrogen) atoms. The topological polar surface area (TPSA) is 29.1 Å². The highest BCUT2D eigenvalue weighted by molar-refractivity contribution is 8.04. The van der Waals surface area contributed by atoms with Crippen LogP contribution in [0.5, 0.6) is 0 Å². The largest absolute Gasteiger partial charge is 0.319 e. The Morgan fingerprint density at radius 3 is 2.33 bits per heavy atom. The fourth-order valence-corrected chi connectivity index (χ4v) is 2.95. The van der Waals surface area contributed by atoms with E-state index in [4.69, 9.17) is 34.8 Å². The van der Waals surface area contributed by atoms with Crippen molar-refractivity contribution in [1.82, 2.24) is 0 Å². The van der Waals surface area contributed by atoms with Crippen molar-refractivity contribution in [3.05, 3.63) is 59.9 Å². The van der Waals surface area contributed by atoms with E-state index in [-0.39, 0.29) is 5.69 Å². The van der Waals surface area contributed by atoms with Gasteiger partial charge in [-0.15, -0.1) is 0 Å². The molecule has 1 N–H and O–H groups in total. The molecule has 7 heteroatoms. The smallest absolute Gasteiger partial charge is 0.255 e. The first-order valence-electron chi connectivity index (χ1n) is 5.77. The van der Waals surface area contributed by atoms with Gasteiger partial charge >= 0.3 is 0 Å². The van der Waals surface area contributed by atoms with E-state index in [0.29, 0.717) is 10.5 Å². The Kier molecular flexibility index (Phi) is 5.38. The molecule has 2 nitrogen and oxygen atoms in total. The molecule has 2 rings (SSSR count). The van der Waals surface area contributed by atoms with Gasteiger partial charge in [-0.05, 0) is 30.3 Å². The van der Waals surface area contributed by atoms with Gasteiger partial charge in [-0.25, -0.2) is 4.39 Å². The van der Waals surface area contributed by atoms with Crippen LogP contribution in [0.15, 0.2) is 53.4 Å². The number of anilines is 1. The minimum atomic E-state index is -1.57. The maximum atomic E-state index is 13.9. The number of carbonyl (C=O) groups is 1. The van der Waals surface area contributed by atoms with E-state index in [1.165, 1.54) is 12.1 Å². The molecule has 0 aliphatic carbocycles. The normalized spacial score (nSPS) is 11.2. The maximum absolute atomic E-state index is 13.9. The van der Waals surface area contributed by atoms with E-state index >= 15 is 0 Å². The zero-order chi connectivity index (χ0) is 15.5. The van der Waals surface area contributed by atoms with E-state index in [9.17, 15) is 9.18 Å². The first-order chi connectivity index (χ1) is 9.85. The van der Waals surface area contributed by atoms with Crippen LogP contribution >= 0.6 is 46.6 Å². The number of rotatable bonds is 3. The van der Waals surface area contributed by atoms with Crippen molar-refractivity contribution in [3.63, 3.8) is 0 Å².